The largest absolute Gasteiger partial charge is 0.488 e. The minimum Gasteiger partial charge on any atom is -0.488 e. The maximum absolute atomic E-state index is 11.9. The summed E-state index contributed by atoms with van der Waals surface area (Å²) in [5, 5.41) is 7.17. The number of ether oxygens (including phenoxy) is 1. The molecule has 0 heterocycles. The van der Waals surface area contributed by atoms with Crippen LogP contribution in [0.4, 0.5) is 5.69 Å². The fourth-order valence-corrected chi connectivity index (χ4v) is 2.77. The number of carbonyl (C=O) groups is 1. The number of para-hydroxylation sites is 1. The highest BCUT2D eigenvalue weighted by molar-refractivity contribution is 9.10. The van der Waals surface area contributed by atoms with Crippen molar-refractivity contribution in [3.63, 3.8) is 0 Å². The molecule has 29 heavy (non-hydrogen) atoms. The maximum atomic E-state index is 11.9. The molecule has 0 fully saturated rings. The number of amides is 1. The van der Waals surface area contributed by atoms with Crippen molar-refractivity contribution in [2.45, 2.75) is 6.61 Å². The number of hydrogen-bond donors (Lipinski definition) is 1. The summed E-state index contributed by atoms with van der Waals surface area (Å²) in [6.45, 7) is 0.226. The molecule has 0 aliphatic carbocycles. The van der Waals surface area contributed by atoms with Crippen LogP contribution >= 0.6 is 27.5 Å². The van der Waals surface area contributed by atoms with Crippen LogP contribution in [0.3, 0.4) is 0 Å². The van der Waals surface area contributed by atoms with E-state index in [1.807, 2.05) is 48.5 Å². The first-order valence-corrected chi connectivity index (χ1v) is 9.94. The number of halogens is 2. The van der Waals surface area contributed by atoms with Gasteiger partial charge in [-0.25, -0.2) is 0 Å². The number of benzene rings is 3. The van der Waals surface area contributed by atoms with Crippen molar-refractivity contribution in [2.75, 3.05) is 11.9 Å². The summed E-state index contributed by atoms with van der Waals surface area (Å²) in [5.41, 5.74) is 2.44. The Hall–Kier alpha value is -2.83. The summed E-state index contributed by atoms with van der Waals surface area (Å²) in [4.78, 5) is 17.0. The van der Waals surface area contributed by atoms with Gasteiger partial charge in [-0.15, -0.1) is 0 Å². The van der Waals surface area contributed by atoms with Gasteiger partial charge in [0.1, 0.15) is 12.4 Å². The Morgan fingerprint density at radius 3 is 2.52 bits per heavy atom. The minimum atomic E-state index is -0.316. The third kappa shape index (κ3) is 6.93. The summed E-state index contributed by atoms with van der Waals surface area (Å²) in [5.74, 6) is 0.359. The molecule has 0 radical (unpaired) electrons. The van der Waals surface area contributed by atoms with E-state index < -0.39 is 0 Å². The first kappa shape index (κ1) is 20.9. The number of anilines is 1. The zero-order chi connectivity index (χ0) is 20.5. The summed E-state index contributed by atoms with van der Waals surface area (Å²) < 4.78 is 6.90. The summed E-state index contributed by atoms with van der Waals surface area (Å²) in [6.07, 6.45) is 1.52. The molecule has 5 nitrogen and oxygen atoms in total. The predicted molar refractivity (Wildman–Crippen MR) is 119 cm³/mol. The molecule has 0 aliphatic rings. The van der Waals surface area contributed by atoms with E-state index in [1.54, 1.807) is 24.3 Å². The molecule has 1 amide bonds. The Kier molecular flexibility index (Phi) is 7.67. The maximum Gasteiger partial charge on any atom is 0.265 e. The molecule has 0 aliphatic heterocycles. The molecule has 0 saturated carbocycles. The van der Waals surface area contributed by atoms with Gasteiger partial charge in [-0.1, -0.05) is 57.0 Å². The van der Waals surface area contributed by atoms with Gasteiger partial charge in [0.05, 0.1) is 6.21 Å². The molecular weight excluding hydrogens is 456 g/mol. The number of rotatable bonds is 8. The second kappa shape index (κ2) is 10.6. The van der Waals surface area contributed by atoms with Gasteiger partial charge in [-0.05, 0) is 54.1 Å². The highest BCUT2D eigenvalue weighted by atomic mass is 79.9. The summed E-state index contributed by atoms with van der Waals surface area (Å²) in [7, 11) is 0. The van der Waals surface area contributed by atoms with E-state index in [4.69, 9.17) is 21.2 Å². The van der Waals surface area contributed by atoms with Crippen molar-refractivity contribution in [1.29, 1.82) is 0 Å². The predicted octanol–water partition coefficient (Wildman–Crippen LogP) is 5.67. The molecule has 3 aromatic rings. The quantitative estimate of drug-likeness (QED) is 0.339. The highest BCUT2D eigenvalue weighted by Crippen LogP contribution is 2.19. The molecular formula is C22H18BrClN2O3. The van der Waals surface area contributed by atoms with Crippen LogP contribution in [0.2, 0.25) is 5.02 Å². The average Bonchev–Trinajstić information content (AvgIpc) is 2.73. The van der Waals surface area contributed by atoms with Crippen molar-refractivity contribution in [1.82, 2.24) is 0 Å². The lowest BCUT2D eigenvalue weighted by molar-refractivity contribution is -0.120. The van der Waals surface area contributed by atoms with E-state index in [9.17, 15) is 4.79 Å². The molecule has 7 heteroatoms. The van der Waals surface area contributed by atoms with Crippen LogP contribution in [0.15, 0.2) is 82.4 Å². The minimum absolute atomic E-state index is 0.207. The molecule has 0 saturated heterocycles. The van der Waals surface area contributed by atoms with Crippen LogP contribution in [0.1, 0.15) is 11.1 Å². The SMILES string of the molecule is O=C(CON=Cc1ccccc1OCc1ccc(Br)cc1)Nc1ccc(Cl)cc1. The van der Waals surface area contributed by atoms with Crippen LogP contribution in [0.25, 0.3) is 0 Å². The molecule has 0 aromatic heterocycles. The van der Waals surface area contributed by atoms with Crippen LogP contribution < -0.4 is 10.1 Å². The Bertz CT molecular complexity index is 976. The monoisotopic (exact) mass is 472 g/mol. The number of nitrogens with zero attached hydrogens (tertiary/aromatic N) is 1. The third-order valence-corrected chi connectivity index (χ3v) is 4.60. The molecule has 3 aromatic carbocycles. The second-order valence-corrected chi connectivity index (χ2v) is 7.37. The van der Waals surface area contributed by atoms with Crippen molar-refractivity contribution in [3.8, 4) is 5.75 Å². The van der Waals surface area contributed by atoms with E-state index in [1.165, 1.54) is 6.21 Å². The van der Waals surface area contributed by atoms with Gasteiger partial charge in [-0.3, -0.25) is 4.79 Å². The second-order valence-electron chi connectivity index (χ2n) is 6.02. The lowest BCUT2D eigenvalue weighted by Gasteiger charge is -2.09. The lowest BCUT2D eigenvalue weighted by Crippen LogP contribution is -2.16. The molecule has 0 spiro atoms. The van der Waals surface area contributed by atoms with E-state index in [-0.39, 0.29) is 12.5 Å². The Labute approximate surface area is 182 Å². The normalized spacial score (nSPS) is 10.7. The average molecular weight is 474 g/mol. The summed E-state index contributed by atoms with van der Waals surface area (Å²) >= 11 is 9.23. The van der Waals surface area contributed by atoms with Crippen LogP contribution in [0, 0.1) is 0 Å². The van der Waals surface area contributed by atoms with E-state index in [2.05, 4.69) is 26.4 Å². The first-order valence-electron chi connectivity index (χ1n) is 8.77. The van der Waals surface area contributed by atoms with E-state index in [0.717, 1.165) is 15.6 Å². The van der Waals surface area contributed by atoms with Crippen molar-refractivity contribution in [3.05, 3.63) is 93.4 Å². The van der Waals surface area contributed by atoms with Crippen molar-refractivity contribution in [2.24, 2.45) is 5.16 Å². The molecule has 0 bridgehead atoms. The standard InChI is InChI=1S/C22H18BrClN2O3/c23-18-7-5-16(6-8-18)14-28-21-4-2-1-3-17(21)13-25-29-15-22(27)26-20-11-9-19(24)10-12-20/h1-13H,14-15H2,(H,26,27). The van der Waals surface area contributed by atoms with Gasteiger partial charge in [0.25, 0.3) is 5.91 Å². The van der Waals surface area contributed by atoms with E-state index >= 15 is 0 Å². The smallest absolute Gasteiger partial charge is 0.265 e. The number of carbonyl (C=O) groups excluding carboxylic acids is 1. The lowest BCUT2D eigenvalue weighted by atomic mass is 10.2. The molecule has 1 N–H and O–H groups in total. The summed E-state index contributed by atoms with van der Waals surface area (Å²) in [6, 6.07) is 22.2. The Balaban J connectivity index is 1.50. The van der Waals surface area contributed by atoms with Gasteiger partial charge >= 0.3 is 0 Å². The van der Waals surface area contributed by atoms with Gasteiger partial charge in [-0.2, -0.15) is 0 Å². The zero-order valence-electron chi connectivity index (χ0n) is 15.3. The highest BCUT2D eigenvalue weighted by Gasteiger charge is 2.04. The Morgan fingerprint density at radius 2 is 1.76 bits per heavy atom. The van der Waals surface area contributed by atoms with Gasteiger partial charge in [0.15, 0.2) is 6.61 Å². The van der Waals surface area contributed by atoms with Gasteiger partial charge in [0.2, 0.25) is 0 Å². The topological polar surface area (TPSA) is 59.9 Å². The fraction of sp³-hybridized carbons (Fsp3) is 0.0909. The van der Waals surface area contributed by atoms with Crippen LogP contribution in [0.5, 0.6) is 5.75 Å². The van der Waals surface area contributed by atoms with Crippen molar-refractivity contribution < 1.29 is 14.4 Å². The third-order valence-electron chi connectivity index (χ3n) is 3.82. The molecule has 0 unspecified atom stereocenters. The van der Waals surface area contributed by atoms with Gasteiger partial charge < -0.3 is 14.9 Å². The zero-order valence-corrected chi connectivity index (χ0v) is 17.7. The molecule has 3 rings (SSSR count). The van der Waals surface area contributed by atoms with Crippen LogP contribution in [-0.2, 0) is 16.2 Å². The number of nitrogens with one attached hydrogen (secondary N) is 1. The first-order chi connectivity index (χ1) is 14.1. The van der Waals surface area contributed by atoms with E-state index in [0.29, 0.717) is 23.1 Å². The fourth-order valence-electron chi connectivity index (χ4n) is 2.38. The van der Waals surface area contributed by atoms with Crippen molar-refractivity contribution >= 4 is 45.3 Å². The number of hydrogen-bond acceptors (Lipinski definition) is 4. The van der Waals surface area contributed by atoms with Crippen LogP contribution in [-0.4, -0.2) is 18.7 Å². The molecule has 0 atom stereocenters. The Morgan fingerprint density at radius 1 is 1.03 bits per heavy atom. The number of oxime groups is 1. The molecule has 148 valence electrons. The van der Waals surface area contributed by atoms with Gasteiger partial charge in [0, 0.05) is 20.7 Å².